The number of amides is 1. The van der Waals surface area contributed by atoms with Gasteiger partial charge in [0.2, 0.25) is 11.8 Å². The second kappa shape index (κ2) is 10.3. The maximum atomic E-state index is 11.7. The average Bonchev–Trinajstić information content (AvgIpc) is 2.80. The molecule has 162 valence electrons. The van der Waals surface area contributed by atoms with Gasteiger partial charge in [0.25, 0.3) is 0 Å². The van der Waals surface area contributed by atoms with Gasteiger partial charge >= 0.3 is 0 Å². The van der Waals surface area contributed by atoms with Crippen LogP contribution < -0.4 is 20.5 Å². The van der Waals surface area contributed by atoms with Gasteiger partial charge in [-0.3, -0.25) is 4.79 Å². The summed E-state index contributed by atoms with van der Waals surface area (Å²) in [4.78, 5) is 15.9. The van der Waals surface area contributed by atoms with Crippen LogP contribution in [0, 0.1) is 0 Å². The van der Waals surface area contributed by atoms with Crippen LogP contribution in [-0.2, 0) is 11.2 Å². The summed E-state index contributed by atoms with van der Waals surface area (Å²) < 4.78 is 12.0. The molecule has 0 bridgehead atoms. The van der Waals surface area contributed by atoms with Gasteiger partial charge in [-0.15, -0.1) is 12.4 Å². The molecule has 4 N–H and O–H groups in total. The molecule has 1 amide bonds. The number of aliphatic hydroxyl groups excluding tert-OH is 1. The van der Waals surface area contributed by atoms with Gasteiger partial charge in [0.05, 0.1) is 18.5 Å². The van der Waals surface area contributed by atoms with Crippen LogP contribution in [0.25, 0.3) is 0 Å². The molecule has 1 aliphatic rings. The lowest BCUT2D eigenvalue weighted by atomic mass is 9.97. The minimum absolute atomic E-state index is 0. The largest absolute Gasteiger partial charge is 0.485 e. The number of carbonyl (C=O) groups is 1. The van der Waals surface area contributed by atoms with Gasteiger partial charge in [0.15, 0.2) is 0 Å². The van der Waals surface area contributed by atoms with Crippen molar-refractivity contribution in [2.45, 2.75) is 25.0 Å². The lowest BCUT2D eigenvalue weighted by molar-refractivity contribution is -0.118. The van der Waals surface area contributed by atoms with Crippen LogP contribution in [0.4, 0.5) is 5.69 Å². The standard InChI is InChI=1S/C23H23N3O4.ClH/c24-19(14-27)23(28)26-17-7-11-22(25-13-17)29-18-8-10-21-16(12-18)6-9-20(30-21)15-4-2-1-3-5-15;/h1-5,7-8,10-13,19-20,27H,6,9,14,24H2,(H,26,28);1H/t19-,20?;/m0./s1. The van der Waals surface area contributed by atoms with Crippen molar-refractivity contribution in [3.8, 4) is 17.4 Å². The Hall–Kier alpha value is -3.13. The van der Waals surface area contributed by atoms with Crippen molar-refractivity contribution in [2.24, 2.45) is 5.73 Å². The first-order chi connectivity index (χ1) is 14.6. The van der Waals surface area contributed by atoms with Crippen molar-refractivity contribution in [3.05, 3.63) is 78.0 Å². The second-order valence-corrected chi connectivity index (χ2v) is 7.09. The zero-order valence-electron chi connectivity index (χ0n) is 16.7. The average molecular weight is 442 g/mol. The summed E-state index contributed by atoms with van der Waals surface area (Å²) in [7, 11) is 0. The Kier molecular flexibility index (Phi) is 7.46. The fourth-order valence-corrected chi connectivity index (χ4v) is 3.28. The number of pyridine rings is 1. The molecular weight excluding hydrogens is 418 g/mol. The van der Waals surface area contributed by atoms with Crippen molar-refractivity contribution in [3.63, 3.8) is 0 Å². The summed E-state index contributed by atoms with van der Waals surface area (Å²) >= 11 is 0. The van der Waals surface area contributed by atoms with E-state index in [9.17, 15) is 4.79 Å². The van der Waals surface area contributed by atoms with E-state index in [1.807, 2.05) is 36.4 Å². The minimum atomic E-state index is -0.972. The van der Waals surface area contributed by atoms with E-state index in [4.69, 9.17) is 20.3 Å². The molecule has 31 heavy (non-hydrogen) atoms. The van der Waals surface area contributed by atoms with Crippen LogP contribution in [0.1, 0.15) is 23.7 Å². The van der Waals surface area contributed by atoms with Gasteiger partial charge in [0, 0.05) is 6.07 Å². The molecule has 3 aromatic rings. The number of nitrogens with zero attached hydrogens (tertiary/aromatic N) is 1. The first-order valence-electron chi connectivity index (χ1n) is 9.78. The number of hydrogen-bond donors (Lipinski definition) is 3. The van der Waals surface area contributed by atoms with E-state index in [0.29, 0.717) is 17.3 Å². The molecule has 0 aliphatic carbocycles. The first-order valence-corrected chi connectivity index (χ1v) is 9.78. The van der Waals surface area contributed by atoms with Crippen molar-refractivity contribution in [2.75, 3.05) is 11.9 Å². The summed E-state index contributed by atoms with van der Waals surface area (Å²) in [5.41, 5.74) is 8.23. The quantitative estimate of drug-likeness (QED) is 0.539. The molecule has 0 radical (unpaired) electrons. The molecule has 0 saturated heterocycles. The van der Waals surface area contributed by atoms with E-state index in [1.54, 1.807) is 12.1 Å². The minimum Gasteiger partial charge on any atom is -0.485 e. The number of aliphatic hydroxyl groups is 1. The number of rotatable bonds is 6. The molecule has 0 saturated carbocycles. The number of benzene rings is 2. The number of nitrogens with two attached hydrogens (primary N) is 1. The molecule has 4 rings (SSSR count). The highest BCUT2D eigenvalue weighted by atomic mass is 35.5. The normalized spacial score (nSPS) is 15.6. The van der Waals surface area contributed by atoms with Crippen molar-refractivity contribution < 1.29 is 19.4 Å². The van der Waals surface area contributed by atoms with Crippen molar-refractivity contribution >= 4 is 24.0 Å². The van der Waals surface area contributed by atoms with E-state index in [0.717, 1.165) is 24.2 Å². The molecule has 1 unspecified atom stereocenters. The Labute approximate surface area is 186 Å². The summed E-state index contributed by atoms with van der Waals surface area (Å²) in [6, 6.07) is 18.3. The van der Waals surface area contributed by atoms with Crippen LogP contribution >= 0.6 is 12.4 Å². The molecular formula is C23H24ClN3O4. The Morgan fingerprint density at radius 1 is 1.23 bits per heavy atom. The second-order valence-electron chi connectivity index (χ2n) is 7.09. The third-order valence-corrected chi connectivity index (χ3v) is 4.91. The maximum Gasteiger partial charge on any atom is 0.243 e. The molecule has 2 atom stereocenters. The predicted molar refractivity (Wildman–Crippen MR) is 120 cm³/mol. The lowest BCUT2D eigenvalue weighted by Crippen LogP contribution is -2.38. The Bertz CT molecular complexity index is 1020. The first kappa shape index (κ1) is 22.6. The topological polar surface area (TPSA) is 107 Å². The Morgan fingerprint density at radius 2 is 2.03 bits per heavy atom. The lowest BCUT2D eigenvalue weighted by Gasteiger charge is -2.26. The number of halogens is 1. The van der Waals surface area contributed by atoms with Crippen molar-refractivity contribution in [1.29, 1.82) is 0 Å². The highest BCUT2D eigenvalue weighted by Crippen LogP contribution is 2.37. The number of nitrogens with one attached hydrogen (secondary N) is 1. The monoisotopic (exact) mass is 441 g/mol. The number of aryl methyl sites for hydroxylation is 1. The van der Waals surface area contributed by atoms with Gasteiger partial charge in [-0.1, -0.05) is 30.3 Å². The molecule has 8 heteroatoms. The number of fused-ring (bicyclic) bond motifs is 1. The molecule has 0 fully saturated rings. The maximum absolute atomic E-state index is 11.7. The summed E-state index contributed by atoms with van der Waals surface area (Å²) in [6.45, 7) is -0.422. The highest BCUT2D eigenvalue weighted by molar-refractivity contribution is 5.94. The molecule has 2 heterocycles. The summed E-state index contributed by atoms with van der Waals surface area (Å²) in [5.74, 6) is 1.46. The van der Waals surface area contributed by atoms with Crippen LogP contribution in [0.2, 0.25) is 0 Å². The summed E-state index contributed by atoms with van der Waals surface area (Å²) in [5, 5.41) is 11.5. The van der Waals surface area contributed by atoms with Crippen LogP contribution in [0.5, 0.6) is 17.4 Å². The van der Waals surface area contributed by atoms with Gasteiger partial charge in [-0.2, -0.15) is 0 Å². The van der Waals surface area contributed by atoms with E-state index in [2.05, 4.69) is 22.4 Å². The van der Waals surface area contributed by atoms with Crippen LogP contribution in [0.15, 0.2) is 66.9 Å². The number of aromatic nitrogens is 1. The SMILES string of the molecule is Cl.N[C@@H](CO)C(=O)Nc1ccc(Oc2ccc3c(c2)CCC(c2ccccc2)O3)nc1. The van der Waals surface area contributed by atoms with Gasteiger partial charge in [0.1, 0.15) is 23.6 Å². The van der Waals surface area contributed by atoms with Crippen LogP contribution in [-0.4, -0.2) is 28.6 Å². The summed E-state index contributed by atoms with van der Waals surface area (Å²) in [6.07, 6.45) is 3.34. The fourth-order valence-electron chi connectivity index (χ4n) is 3.28. The fraction of sp³-hybridized carbons (Fsp3) is 0.217. The van der Waals surface area contributed by atoms with Crippen LogP contribution in [0.3, 0.4) is 0 Å². The molecule has 1 aliphatic heterocycles. The van der Waals surface area contributed by atoms with E-state index < -0.39 is 18.6 Å². The molecule has 1 aromatic heterocycles. The third-order valence-electron chi connectivity index (χ3n) is 4.91. The Balaban J connectivity index is 0.00000272. The molecule has 2 aromatic carbocycles. The predicted octanol–water partition coefficient (Wildman–Crippen LogP) is 3.62. The van der Waals surface area contributed by atoms with Crippen molar-refractivity contribution in [1.82, 2.24) is 4.98 Å². The highest BCUT2D eigenvalue weighted by Gasteiger charge is 2.21. The zero-order chi connectivity index (χ0) is 20.9. The number of ether oxygens (including phenoxy) is 2. The zero-order valence-corrected chi connectivity index (χ0v) is 17.5. The Morgan fingerprint density at radius 3 is 2.74 bits per heavy atom. The molecule has 0 spiro atoms. The van der Waals surface area contributed by atoms with E-state index in [1.165, 1.54) is 11.8 Å². The smallest absolute Gasteiger partial charge is 0.243 e. The molecule has 7 nitrogen and oxygen atoms in total. The van der Waals surface area contributed by atoms with Gasteiger partial charge in [-0.25, -0.2) is 4.98 Å². The van der Waals surface area contributed by atoms with E-state index in [-0.39, 0.29) is 18.5 Å². The number of anilines is 1. The van der Waals surface area contributed by atoms with E-state index >= 15 is 0 Å². The third kappa shape index (κ3) is 5.52. The van der Waals surface area contributed by atoms with Gasteiger partial charge < -0.3 is 25.6 Å². The van der Waals surface area contributed by atoms with Gasteiger partial charge in [-0.05, 0) is 48.2 Å². The number of hydrogen-bond acceptors (Lipinski definition) is 6. The number of carbonyl (C=O) groups excluding carboxylic acids is 1.